The highest BCUT2D eigenvalue weighted by Gasteiger charge is 2.41. The molecular formula is C31H37NO2. The standard InChI is InChI=1S/C27H30O2.C4H7N/c1-4-29-27-19(2)9-7-14-25(27)26(21-15-17-22(28-3)18-16-21)24-13-8-11-20-10-5-6-12-23(20)24;1-2-5-3-4(1)5/h5-7,9-10,12,14-18,24,26H,4,8,11,13H2,1-3H3;4H,1-3H2. The molecule has 0 spiro atoms. The first-order valence-corrected chi connectivity index (χ1v) is 12.9. The van der Waals surface area contributed by atoms with Gasteiger partial charge in [-0.15, -0.1) is 0 Å². The lowest BCUT2D eigenvalue weighted by Gasteiger charge is -2.34. The van der Waals surface area contributed by atoms with Gasteiger partial charge in [-0.2, -0.15) is 0 Å². The summed E-state index contributed by atoms with van der Waals surface area (Å²) in [6, 6.07) is 25.2. The molecule has 0 saturated carbocycles. The van der Waals surface area contributed by atoms with Crippen LogP contribution in [0.15, 0.2) is 66.7 Å². The van der Waals surface area contributed by atoms with Crippen LogP contribution in [-0.2, 0) is 6.42 Å². The summed E-state index contributed by atoms with van der Waals surface area (Å²) in [5, 5.41) is 0. The zero-order valence-electron chi connectivity index (χ0n) is 20.8. The van der Waals surface area contributed by atoms with E-state index in [-0.39, 0.29) is 5.92 Å². The van der Waals surface area contributed by atoms with Crippen molar-refractivity contribution in [3.05, 3.63) is 94.5 Å². The number of fused-ring (bicyclic) bond motifs is 2. The summed E-state index contributed by atoms with van der Waals surface area (Å²) in [5.74, 6) is 2.63. The number of rotatable bonds is 6. The summed E-state index contributed by atoms with van der Waals surface area (Å²) in [7, 11) is 1.72. The number of para-hydroxylation sites is 1. The minimum atomic E-state index is 0.254. The number of hydrogen-bond acceptors (Lipinski definition) is 3. The maximum absolute atomic E-state index is 6.17. The van der Waals surface area contributed by atoms with Gasteiger partial charge in [0.25, 0.3) is 0 Å². The molecule has 6 rings (SSSR count). The fraction of sp³-hybridized carbons (Fsp3) is 0.419. The number of nitrogens with zero attached hydrogens (tertiary/aromatic N) is 1. The van der Waals surface area contributed by atoms with Gasteiger partial charge >= 0.3 is 0 Å². The van der Waals surface area contributed by atoms with E-state index in [9.17, 15) is 0 Å². The first-order valence-electron chi connectivity index (χ1n) is 12.9. The summed E-state index contributed by atoms with van der Waals surface area (Å²) in [4.78, 5) is 2.47. The largest absolute Gasteiger partial charge is 0.497 e. The van der Waals surface area contributed by atoms with Gasteiger partial charge in [-0.1, -0.05) is 54.6 Å². The molecule has 4 unspecified atom stereocenters. The molecule has 0 N–H and O–H groups in total. The predicted octanol–water partition coefficient (Wildman–Crippen LogP) is 6.73. The second kappa shape index (κ2) is 10.2. The van der Waals surface area contributed by atoms with Crippen molar-refractivity contribution < 1.29 is 9.47 Å². The van der Waals surface area contributed by atoms with E-state index in [1.54, 1.807) is 7.11 Å². The fourth-order valence-electron chi connectivity index (χ4n) is 5.74. The van der Waals surface area contributed by atoms with Crippen LogP contribution in [0.3, 0.4) is 0 Å². The second-order valence-electron chi connectivity index (χ2n) is 9.81. The third kappa shape index (κ3) is 4.72. The SMILES string of the molecule is C1CN2CC12.CCOc1c(C)cccc1C(c1ccc(OC)cc1)C1CCCc2ccccc21. The summed E-state index contributed by atoms with van der Waals surface area (Å²) in [6.45, 7) is 7.70. The van der Waals surface area contributed by atoms with Gasteiger partial charge in [-0.05, 0) is 79.8 Å². The Hall–Kier alpha value is -2.78. The van der Waals surface area contributed by atoms with Crippen molar-refractivity contribution in [2.45, 2.75) is 57.4 Å². The molecule has 0 amide bonds. The van der Waals surface area contributed by atoms with Crippen LogP contribution in [0.4, 0.5) is 0 Å². The molecule has 2 saturated heterocycles. The average molecular weight is 456 g/mol. The molecule has 3 heteroatoms. The molecule has 2 heterocycles. The van der Waals surface area contributed by atoms with E-state index < -0.39 is 0 Å². The second-order valence-corrected chi connectivity index (χ2v) is 9.81. The van der Waals surface area contributed by atoms with Crippen molar-refractivity contribution in [1.29, 1.82) is 0 Å². The molecule has 2 fully saturated rings. The molecule has 3 aromatic rings. The Morgan fingerprint density at radius 1 is 0.971 bits per heavy atom. The van der Waals surface area contributed by atoms with Crippen LogP contribution >= 0.6 is 0 Å². The normalized spacial score (nSPS) is 22.7. The third-order valence-electron chi connectivity index (χ3n) is 7.74. The molecule has 0 radical (unpaired) electrons. The Labute approximate surface area is 204 Å². The zero-order chi connectivity index (χ0) is 23.5. The Bertz CT molecular complexity index is 1090. The highest BCUT2D eigenvalue weighted by Crippen LogP contribution is 2.48. The van der Waals surface area contributed by atoms with E-state index in [1.807, 2.05) is 0 Å². The van der Waals surface area contributed by atoms with Gasteiger partial charge in [0.05, 0.1) is 13.7 Å². The molecule has 178 valence electrons. The molecule has 4 atom stereocenters. The van der Waals surface area contributed by atoms with Crippen LogP contribution < -0.4 is 9.47 Å². The Morgan fingerprint density at radius 2 is 1.76 bits per heavy atom. The Balaban J connectivity index is 0.000000418. The molecule has 1 aliphatic carbocycles. The van der Waals surface area contributed by atoms with Crippen molar-refractivity contribution in [2.24, 2.45) is 0 Å². The van der Waals surface area contributed by atoms with Gasteiger partial charge in [0.15, 0.2) is 0 Å². The van der Waals surface area contributed by atoms with Crippen LogP contribution in [0.25, 0.3) is 0 Å². The monoisotopic (exact) mass is 455 g/mol. The number of hydrogen-bond donors (Lipinski definition) is 0. The molecule has 3 nitrogen and oxygen atoms in total. The highest BCUT2D eigenvalue weighted by molar-refractivity contribution is 5.51. The Morgan fingerprint density at radius 3 is 2.41 bits per heavy atom. The molecule has 0 aromatic heterocycles. The predicted molar refractivity (Wildman–Crippen MR) is 139 cm³/mol. The van der Waals surface area contributed by atoms with Crippen molar-refractivity contribution >= 4 is 0 Å². The third-order valence-corrected chi connectivity index (χ3v) is 7.74. The van der Waals surface area contributed by atoms with Crippen LogP contribution in [0, 0.1) is 6.92 Å². The van der Waals surface area contributed by atoms with Gasteiger partial charge in [0.1, 0.15) is 11.5 Å². The van der Waals surface area contributed by atoms with Gasteiger partial charge in [0, 0.05) is 30.6 Å². The van der Waals surface area contributed by atoms with Crippen LogP contribution in [0.2, 0.25) is 0 Å². The summed E-state index contributed by atoms with van der Waals surface area (Å²) in [6.07, 6.45) is 5.07. The van der Waals surface area contributed by atoms with Crippen molar-refractivity contribution in [3.8, 4) is 11.5 Å². The van der Waals surface area contributed by atoms with Crippen LogP contribution in [0.1, 0.15) is 65.8 Å². The van der Waals surface area contributed by atoms with Gasteiger partial charge in [-0.3, -0.25) is 4.90 Å². The van der Waals surface area contributed by atoms with Crippen LogP contribution in [-0.4, -0.2) is 37.7 Å². The van der Waals surface area contributed by atoms with Crippen LogP contribution in [0.5, 0.6) is 11.5 Å². The summed E-state index contributed by atoms with van der Waals surface area (Å²) >= 11 is 0. The van der Waals surface area contributed by atoms with Gasteiger partial charge in [-0.25, -0.2) is 0 Å². The van der Waals surface area contributed by atoms with E-state index >= 15 is 0 Å². The minimum Gasteiger partial charge on any atom is -0.497 e. The lowest BCUT2D eigenvalue weighted by molar-refractivity contribution is 0.330. The minimum absolute atomic E-state index is 0.254. The molecule has 0 bridgehead atoms. The maximum Gasteiger partial charge on any atom is 0.126 e. The fourth-order valence-corrected chi connectivity index (χ4v) is 5.74. The Kier molecular flexibility index (Phi) is 6.92. The van der Waals surface area contributed by atoms with E-state index in [4.69, 9.17) is 9.47 Å². The van der Waals surface area contributed by atoms with Gasteiger partial charge in [0.2, 0.25) is 0 Å². The lowest BCUT2D eigenvalue weighted by Crippen LogP contribution is -2.19. The summed E-state index contributed by atoms with van der Waals surface area (Å²) in [5.41, 5.74) is 6.79. The molecular weight excluding hydrogens is 418 g/mol. The zero-order valence-corrected chi connectivity index (χ0v) is 20.8. The smallest absolute Gasteiger partial charge is 0.126 e. The summed E-state index contributed by atoms with van der Waals surface area (Å²) < 4.78 is 11.6. The highest BCUT2D eigenvalue weighted by atomic mass is 16.5. The van der Waals surface area contributed by atoms with Crippen molar-refractivity contribution in [2.75, 3.05) is 26.8 Å². The first kappa shape index (κ1) is 23.0. The average Bonchev–Trinajstić information content (AvgIpc) is 3.47. The maximum atomic E-state index is 6.17. The first-order chi connectivity index (χ1) is 16.7. The molecule has 3 aromatic carbocycles. The topological polar surface area (TPSA) is 21.5 Å². The lowest BCUT2D eigenvalue weighted by atomic mass is 9.70. The van der Waals surface area contributed by atoms with Crippen molar-refractivity contribution in [1.82, 2.24) is 4.90 Å². The van der Waals surface area contributed by atoms with E-state index in [0.29, 0.717) is 12.5 Å². The molecule has 3 aliphatic rings. The number of ether oxygens (including phenoxy) is 2. The quantitative estimate of drug-likeness (QED) is 0.385. The molecule has 34 heavy (non-hydrogen) atoms. The van der Waals surface area contributed by atoms with E-state index in [0.717, 1.165) is 17.5 Å². The van der Waals surface area contributed by atoms with Gasteiger partial charge < -0.3 is 9.47 Å². The van der Waals surface area contributed by atoms with E-state index in [1.165, 1.54) is 66.6 Å². The molecule has 2 aliphatic heterocycles. The number of methoxy groups -OCH3 is 1. The van der Waals surface area contributed by atoms with Crippen molar-refractivity contribution in [3.63, 3.8) is 0 Å². The number of aryl methyl sites for hydroxylation is 2. The van der Waals surface area contributed by atoms with E-state index in [2.05, 4.69) is 85.5 Å². The number of benzene rings is 3.